The molecule has 1 heterocycles. The van der Waals surface area contributed by atoms with Gasteiger partial charge in [-0.25, -0.2) is 0 Å². The van der Waals surface area contributed by atoms with Gasteiger partial charge in [0.05, 0.1) is 23.8 Å². The van der Waals surface area contributed by atoms with Crippen LogP contribution in [0.4, 0.5) is 0 Å². The highest BCUT2D eigenvalue weighted by atomic mass is 16.5. The zero-order valence-corrected chi connectivity index (χ0v) is 11.8. The van der Waals surface area contributed by atoms with Gasteiger partial charge < -0.3 is 10.1 Å². The summed E-state index contributed by atoms with van der Waals surface area (Å²) in [5.74, 6) is -2.74. The van der Waals surface area contributed by atoms with E-state index >= 15 is 0 Å². The summed E-state index contributed by atoms with van der Waals surface area (Å²) in [6.07, 6.45) is 0.422. The summed E-state index contributed by atoms with van der Waals surface area (Å²) in [5.41, 5.74) is -0.0850. The molecule has 0 atom stereocenters. The van der Waals surface area contributed by atoms with E-state index in [1.165, 1.54) is 19.2 Å². The molecule has 8 heteroatoms. The Hall–Kier alpha value is -3.03. The normalized spacial score (nSPS) is 12.9. The highest BCUT2D eigenvalue weighted by molar-refractivity contribution is 6.23. The molecule has 2 rings (SSSR count). The maximum absolute atomic E-state index is 12.2. The van der Waals surface area contributed by atoms with Crippen LogP contribution in [0.15, 0.2) is 12.1 Å². The molecule has 0 saturated carbocycles. The zero-order chi connectivity index (χ0) is 16.4. The van der Waals surface area contributed by atoms with Crippen molar-refractivity contribution in [3.8, 4) is 0 Å². The number of nitrogens with zero attached hydrogens (tertiary/aromatic N) is 1. The largest absolute Gasteiger partial charge is 0.468 e. The Bertz CT molecular complexity index is 710. The minimum atomic E-state index is -0.753. The van der Waals surface area contributed by atoms with Crippen LogP contribution in [0.1, 0.15) is 41.4 Å². The third-order valence-electron chi connectivity index (χ3n) is 3.25. The van der Waals surface area contributed by atoms with Crippen molar-refractivity contribution in [1.82, 2.24) is 10.2 Å². The first-order chi connectivity index (χ1) is 10.4. The number of rotatable bonds is 4. The average molecular weight is 304 g/mol. The van der Waals surface area contributed by atoms with Crippen LogP contribution in [0, 0.1) is 0 Å². The van der Waals surface area contributed by atoms with Crippen LogP contribution in [0.3, 0.4) is 0 Å². The maximum Gasteiger partial charge on any atom is 0.325 e. The molecular weight excluding hydrogens is 292 g/mol. The number of amides is 3. The third kappa shape index (κ3) is 2.34. The van der Waals surface area contributed by atoms with Gasteiger partial charge in [0.1, 0.15) is 6.54 Å². The summed E-state index contributed by atoms with van der Waals surface area (Å²) >= 11 is 0. The molecule has 22 heavy (non-hydrogen) atoms. The van der Waals surface area contributed by atoms with Gasteiger partial charge in [-0.1, -0.05) is 0 Å². The molecule has 3 amide bonds. The monoisotopic (exact) mass is 304 g/mol. The van der Waals surface area contributed by atoms with Crippen LogP contribution in [0.5, 0.6) is 0 Å². The van der Waals surface area contributed by atoms with Crippen LogP contribution in [0.2, 0.25) is 0 Å². The second kappa shape index (κ2) is 5.76. The second-order valence-electron chi connectivity index (χ2n) is 4.45. The van der Waals surface area contributed by atoms with Crippen molar-refractivity contribution >= 4 is 30.0 Å². The van der Waals surface area contributed by atoms with Gasteiger partial charge >= 0.3 is 5.97 Å². The molecule has 0 saturated heterocycles. The van der Waals surface area contributed by atoms with E-state index in [1.54, 1.807) is 0 Å². The number of hydrogen-bond acceptors (Lipinski definition) is 6. The number of benzene rings is 1. The van der Waals surface area contributed by atoms with Crippen molar-refractivity contribution in [3.05, 3.63) is 34.4 Å². The molecule has 0 bridgehead atoms. The summed E-state index contributed by atoms with van der Waals surface area (Å²) in [6, 6.07) is 2.35. The van der Waals surface area contributed by atoms with E-state index in [1.807, 2.05) is 0 Å². The minimum Gasteiger partial charge on any atom is -0.468 e. The van der Waals surface area contributed by atoms with Gasteiger partial charge in [0, 0.05) is 12.6 Å². The number of carbonyl (C=O) groups is 5. The summed E-state index contributed by atoms with van der Waals surface area (Å²) in [5, 5.41) is 2.34. The number of ether oxygens (including phenoxy) is 1. The highest BCUT2D eigenvalue weighted by Gasteiger charge is 2.38. The Morgan fingerprint density at radius 1 is 1.23 bits per heavy atom. The van der Waals surface area contributed by atoms with Gasteiger partial charge in [-0.3, -0.25) is 28.9 Å². The zero-order valence-electron chi connectivity index (χ0n) is 11.8. The number of aldehydes is 1. The van der Waals surface area contributed by atoms with Crippen LogP contribution >= 0.6 is 0 Å². The number of carbonyl (C=O) groups excluding carboxylic acids is 5. The first-order valence-corrected chi connectivity index (χ1v) is 6.22. The van der Waals surface area contributed by atoms with Crippen molar-refractivity contribution in [1.29, 1.82) is 0 Å². The van der Waals surface area contributed by atoms with Crippen LogP contribution < -0.4 is 5.32 Å². The summed E-state index contributed by atoms with van der Waals surface area (Å²) < 4.78 is 4.43. The number of esters is 1. The van der Waals surface area contributed by atoms with E-state index < -0.39 is 30.2 Å². The molecule has 1 aromatic rings. The van der Waals surface area contributed by atoms with Gasteiger partial charge in [-0.15, -0.1) is 0 Å². The van der Waals surface area contributed by atoms with Gasteiger partial charge in [0.15, 0.2) is 6.29 Å². The van der Waals surface area contributed by atoms with Crippen LogP contribution in [-0.2, 0) is 9.53 Å². The van der Waals surface area contributed by atoms with E-state index in [9.17, 15) is 24.0 Å². The second-order valence-corrected chi connectivity index (χ2v) is 4.45. The van der Waals surface area contributed by atoms with Gasteiger partial charge in [0.25, 0.3) is 17.7 Å². The number of fused-ring (bicyclic) bond motifs is 1. The number of nitrogens with one attached hydrogen (secondary N) is 1. The lowest BCUT2D eigenvalue weighted by Gasteiger charge is -2.11. The molecule has 0 aromatic heterocycles. The Kier molecular flexibility index (Phi) is 4.02. The quantitative estimate of drug-likeness (QED) is 0.461. The predicted octanol–water partition coefficient (Wildman–Crippen LogP) is -0.372. The molecule has 0 fully saturated rings. The fraction of sp³-hybridized carbons (Fsp3) is 0.214. The van der Waals surface area contributed by atoms with Crippen molar-refractivity contribution < 1.29 is 28.7 Å². The molecule has 0 unspecified atom stereocenters. The number of hydrogen-bond donors (Lipinski definition) is 1. The Balaban J connectivity index is 2.51. The fourth-order valence-corrected chi connectivity index (χ4v) is 2.12. The Morgan fingerprint density at radius 2 is 1.82 bits per heavy atom. The van der Waals surface area contributed by atoms with E-state index in [4.69, 9.17) is 0 Å². The number of methoxy groups -OCH3 is 1. The molecule has 0 radical (unpaired) electrons. The predicted molar refractivity (Wildman–Crippen MR) is 72.6 cm³/mol. The fourth-order valence-electron chi connectivity index (χ4n) is 2.12. The van der Waals surface area contributed by atoms with E-state index in [2.05, 4.69) is 10.1 Å². The lowest BCUT2D eigenvalue weighted by atomic mass is 9.99. The molecule has 1 aromatic carbocycles. The summed E-state index contributed by atoms with van der Waals surface area (Å²) in [6.45, 7) is -0.533. The summed E-state index contributed by atoms with van der Waals surface area (Å²) in [7, 11) is 2.51. The van der Waals surface area contributed by atoms with Gasteiger partial charge in [-0.05, 0) is 12.1 Å². The molecular formula is C14H12N2O6. The van der Waals surface area contributed by atoms with Crippen LogP contribution in [-0.4, -0.2) is 55.6 Å². The number of imide groups is 1. The molecule has 1 aliphatic heterocycles. The van der Waals surface area contributed by atoms with Crippen molar-refractivity contribution in [2.45, 2.75) is 0 Å². The molecule has 8 nitrogen and oxygen atoms in total. The summed E-state index contributed by atoms with van der Waals surface area (Å²) in [4.78, 5) is 59.1. The Morgan fingerprint density at radius 3 is 2.32 bits per heavy atom. The third-order valence-corrected chi connectivity index (χ3v) is 3.25. The van der Waals surface area contributed by atoms with Gasteiger partial charge in [0.2, 0.25) is 0 Å². The SMILES string of the molecule is CNC(=O)c1cc2c(cc1C=O)C(=O)N(CC(=O)OC)C2=O. The van der Waals surface area contributed by atoms with E-state index in [-0.39, 0.29) is 22.3 Å². The van der Waals surface area contributed by atoms with Gasteiger partial charge in [-0.2, -0.15) is 0 Å². The van der Waals surface area contributed by atoms with E-state index in [0.717, 1.165) is 7.11 Å². The van der Waals surface area contributed by atoms with Crippen molar-refractivity contribution in [3.63, 3.8) is 0 Å². The lowest BCUT2D eigenvalue weighted by molar-refractivity contribution is -0.140. The average Bonchev–Trinajstić information content (AvgIpc) is 2.77. The highest BCUT2D eigenvalue weighted by Crippen LogP contribution is 2.26. The molecule has 114 valence electrons. The molecule has 1 N–H and O–H groups in total. The topological polar surface area (TPSA) is 110 Å². The lowest BCUT2D eigenvalue weighted by Crippen LogP contribution is -2.35. The molecule has 0 spiro atoms. The van der Waals surface area contributed by atoms with E-state index in [0.29, 0.717) is 11.2 Å². The van der Waals surface area contributed by atoms with Crippen molar-refractivity contribution in [2.24, 2.45) is 0 Å². The first kappa shape index (κ1) is 15.4. The Labute approximate surface area is 125 Å². The maximum atomic E-state index is 12.2. The molecule has 1 aliphatic rings. The molecule has 0 aliphatic carbocycles. The standard InChI is InChI=1S/C14H12N2O6/c1-15-12(19)8-4-10-9(3-7(8)6-17)13(20)16(14(10)21)5-11(18)22-2/h3-4,6H,5H2,1-2H3,(H,15,19). The van der Waals surface area contributed by atoms with Crippen molar-refractivity contribution in [2.75, 3.05) is 20.7 Å². The minimum absolute atomic E-state index is 0.0147. The smallest absolute Gasteiger partial charge is 0.325 e. The first-order valence-electron chi connectivity index (χ1n) is 6.22. The van der Waals surface area contributed by atoms with Crippen LogP contribution in [0.25, 0.3) is 0 Å².